The maximum absolute atomic E-state index is 13.6. The molecule has 0 bridgehead atoms. The fourth-order valence-electron chi connectivity index (χ4n) is 2.71. The summed E-state index contributed by atoms with van der Waals surface area (Å²) < 4.78 is 13.6. The normalized spacial score (nSPS) is 18.4. The molecule has 2 nitrogen and oxygen atoms in total. The number of benzene rings is 1. The van der Waals surface area contributed by atoms with Crippen molar-refractivity contribution in [3.63, 3.8) is 0 Å². The Kier molecular flexibility index (Phi) is 4.72. The lowest BCUT2D eigenvalue weighted by Gasteiger charge is -2.33. The summed E-state index contributed by atoms with van der Waals surface area (Å²) in [5, 5.41) is 0. The molecule has 1 aromatic carbocycles. The summed E-state index contributed by atoms with van der Waals surface area (Å²) in [7, 11) is 4.26. The smallest absolute Gasteiger partial charge is 0.127 e. The predicted molar refractivity (Wildman–Crippen MR) is 73.0 cm³/mol. The molecule has 1 saturated heterocycles. The van der Waals surface area contributed by atoms with Crippen LogP contribution in [0.5, 0.6) is 0 Å². The molecule has 0 aliphatic carbocycles. The van der Waals surface area contributed by atoms with Crippen LogP contribution < -0.4 is 0 Å². The zero-order valence-corrected chi connectivity index (χ0v) is 11.4. The van der Waals surface area contributed by atoms with Gasteiger partial charge in [-0.2, -0.15) is 0 Å². The molecule has 3 heteroatoms. The van der Waals surface area contributed by atoms with E-state index in [1.807, 2.05) is 12.1 Å². The lowest BCUT2D eigenvalue weighted by Crippen LogP contribution is -2.36. The molecule has 1 heterocycles. The van der Waals surface area contributed by atoms with E-state index in [1.54, 1.807) is 12.1 Å². The molecule has 0 unspecified atom stereocenters. The van der Waals surface area contributed by atoms with Crippen LogP contribution in [0.15, 0.2) is 24.3 Å². The maximum atomic E-state index is 13.6. The van der Waals surface area contributed by atoms with Crippen LogP contribution in [-0.4, -0.2) is 43.5 Å². The van der Waals surface area contributed by atoms with E-state index in [2.05, 4.69) is 23.9 Å². The van der Waals surface area contributed by atoms with Gasteiger partial charge in [0.1, 0.15) is 5.82 Å². The van der Waals surface area contributed by atoms with Crippen molar-refractivity contribution in [2.45, 2.75) is 19.4 Å². The monoisotopic (exact) mass is 250 g/mol. The molecule has 0 atom stereocenters. The van der Waals surface area contributed by atoms with E-state index in [4.69, 9.17) is 0 Å². The Morgan fingerprint density at radius 3 is 2.50 bits per heavy atom. The van der Waals surface area contributed by atoms with Gasteiger partial charge in [0.05, 0.1) is 0 Å². The number of piperidine rings is 1. The highest BCUT2D eigenvalue weighted by atomic mass is 19.1. The molecule has 1 aromatic rings. The molecular formula is C15H23FN2. The Balaban J connectivity index is 1.82. The Morgan fingerprint density at radius 2 is 1.89 bits per heavy atom. The van der Waals surface area contributed by atoms with Crippen LogP contribution in [0.2, 0.25) is 0 Å². The fourth-order valence-corrected chi connectivity index (χ4v) is 2.71. The summed E-state index contributed by atoms with van der Waals surface area (Å²) in [6.07, 6.45) is 2.46. The molecule has 1 aliphatic heterocycles. The maximum Gasteiger partial charge on any atom is 0.127 e. The third kappa shape index (κ3) is 3.79. The van der Waals surface area contributed by atoms with Crippen LogP contribution in [-0.2, 0) is 6.54 Å². The van der Waals surface area contributed by atoms with E-state index in [-0.39, 0.29) is 5.82 Å². The van der Waals surface area contributed by atoms with Crippen molar-refractivity contribution >= 4 is 0 Å². The summed E-state index contributed by atoms with van der Waals surface area (Å²) >= 11 is 0. The molecule has 0 N–H and O–H groups in total. The first kappa shape index (κ1) is 13.5. The van der Waals surface area contributed by atoms with Crippen LogP contribution >= 0.6 is 0 Å². The van der Waals surface area contributed by atoms with Gasteiger partial charge in [0.15, 0.2) is 0 Å². The second kappa shape index (κ2) is 6.30. The number of halogens is 1. The number of hydrogen-bond acceptors (Lipinski definition) is 2. The first-order chi connectivity index (χ1) is 8.65. The van der Waals surface area contributed by atoms with Gasteiger partial charge in [-0.05, 0) is 52.0 Å². The predicted octanol–water partition coefficient (Wildman–Crippen LogP) is 2.60. The van der Waals surface area contributed by atoms with Crippen molar-refractivity contribution in [1.82, 2.24) is 9.80 Å². The molecule has 18 heavy (non-hydrogen) atoms. The van der Waals surface area contributed by atoms with E-state index in [0.717, 1.165) is 31.1 Å². The van der Waals surface area contributed by atoms with Gasteiger partial charge in [-0.1, -0.05) is 18.2 Å². The summed E-state index contributed by atoms with van der Waals surface area (Å²) in [5.74, 6) is 0.727. The minimum atomic E-state index is -0.0760. The van der Waals surface area contributed by atoms with E-state index in [9.17, 15) is 4.39 Å². The topological polar surface area (TPSA) is 6.48 Å². The van der Waals surface area contributed by atoms with Gasteiger partial charge in [-0.25, -0.2) is 4.39 Å². The number of likely N-dealkylation sites (tertiary alicyclic amines) is 1. The highest BCUT2D eigenvalue weighted by Gasteiger charge is 2.20. The summed E-state index contributed by atoms with van der Waals surface area (Å²) in [6.45, 7) is 4.11. The largest absolute Gasteiger partial charge is 0.309 e. The van der Waals surface area contributed by atoms with Gasteiger partial charge >= 0.3 is 0 Å². The molecule has 100 valence electrons. The molecule has 2 rings (SSSR count). The van der Waals surface area contributed by atoms with E-state index >= 15 is 0 Å². The molecule has 0 amide bonds. The minimum absolute atomic E-state index is 0.0760. The Morgan fingerprint density at radius 1 is 1.22 bits per heavy atom. The molecule has 0 aromatic heterocycles. The van der Waals surface area contributed by atoms with Crippen LogP contribution in [0.3, 0.4) is 0 Å². The Hall–Kier alpha value is -0.930. The first-order valence-electron chi connectivity index (χ1n) is 6.75. The van der Waals surface area contributed by atoms with Gasteiger partial charge in [0.25, 0.3) is 0 Å². The average Bonchev–Trinajstić information content (AvgIpc) is 2.34. The van der Waals surface area contributed by atoms with Crippen molar-refractivity contribution in [2.75, 3.05) is 33.7 Å². The van der Waals surface area contributed by atoms with Crippen molar-refractivity contribution < 1.29 is 4.39 Å². The Labute approximate surface area is 109 Å². The second-order valence-corrected chi connectivity index (χ2v) is 5.57. The lowest BCUT2D eigenvalue weighted by atomic mass is 9.96. The fraction of sp³-hybridized carbons (Fsp3) is 0.600. The summed E-state index contributed by atoms with van der Waals surface area (Å²) in [4.78, 5) is 4.63. The van der Waals surface area contributed by atoms with E-state index < -0.39 is 0 Å². The Bertz CT molecular complexity index is 371. The standard InChI is InChI=1S/C15H23FN2/c1-17(2)11-13-7-9-18(10-8-13)12-14-5-3-4-6-15(14)16/h3-6,13H,7-12H2,1-2H3. The molecule has 1 aliphatic rings. The summed E-state index contributed by atoms with van der Waals surface area (Å²) in [6, 6.07) is 7.11. The number of hydrogen-bond donors (Lipinski definition) is 0. The quantitative estimate of drug-likeness (QED) is 0.810. The lowest BCUT2D eigenvalue weighted by molar-refractivity contribution is 0.155. The SMILES string of the molecule is CN(C)CC1CCN(Cc2ccccc2F)CC1. The third-order valence-corrected chi connectivity index (χ3v) is 3.68. The number of rotatable bonds is 4. The second-order valence-electron chi connectivity index (χ2n) is 5.57. The highest BCUT2D eigenvalue weighted by molar-refractivity contribution is 5.17. The van der Waals surface area contributed by atoms with Crippen molar-refractivity contribution in [1.29, 1.82) is 0 Å². The highest BCUT2D eigenvalue weighted by Crippen LogP contribution is 2.20. The molecule has 0 spiro atoms. The average molecular weight is 250 g/mol. The van der Waals surface area contributed by atoms with E-state index in [0.29, 0.717) is 0 Å². The van der Waals surface area contributed by atoms with Gasteiger partial charge in [0, 0.05) is 18.7 Å². The minimum Gasteiger partial charge on any atom is -0.309 e. The van der Waals surface area contributed by atoms with Crippen LogP contribution in [0.1, 0.15) is 18.4 Å². The van der Waals surface area contributed by atoms with Crippen LogP contribution in [0.25, 0.3) is 0 Å². The zero-order valence-electron chi connectivity index (χ0n) is 11.4. The van der Waals surface area contributed by atoms with Gasteiger partial charge in [-0.3, -0.25) is 4.90 Å². The molecule has 0 radical (unpaired) electrons. The molecule has 0 saturated carbocycles. The third-order valence-electron chi connectivity index (χ3n) is 3.68. The molecule has 1 fully saturated rings. The van der Waals surface area contributed by atoms with Crippen molar-refractivity contribution in [3.8, 4) is 0 Å². The van der Waals surface area contributed by atoms with Gasteiger partial charge < -0.3 is 4.90 Å². The van der Waals surface area contributed by atoms with Crippen LogP contribution in [0, 0.1) is 11.7 Å². The van der Waals surface area contributed by atoms with Crippen molar-refractivity contribution in [2.24, 2.45) is 5.92 Å². The zero-order chi connectivity index (χ0) is 13.0. The van der Waals surface area contributed by atoms with Gasteiger partial charge in [-0.15, -0.1) is 0 Å². The van der Waals surface area contributed by atoms with E-state index in [1.165, 1.54) is 19.4 Å². The van der Waals surface area contributed by atoms with Gasteiger partial charge in [0.2, 0.25) is 0 Å². The van der Waals surface area contributed by atoms with Crippen LogP contribution in [0.4, 0.5) is 4.39 Å². The number of nitrogens with zero attached hydrogens (tertiary/aromatic N) is 2. The molecular weight excluding hydrogens is 227 g/mol. The summed E-state index contributed by atoms with van der Waals surface area (Å²) in [5.41, 5.74) is 0.823. The first-order valence-corrected chi connectivity index (χ1v) is 6.75. The van der Waals surface area contributed by atoms with Crippen molar-refractivity contribution in [3.05, 3.63) is 35.6 Å².